The van der Waals surface area contributed by atoms with Gasteiger partial charge in [-0.05, 0) is 0 Å². The summed E-state index contributed by atoms with van der Waals surface area (Å²) in [6, 6.07) is 0. The summed E-state index contributed by atoms with van der Waals surface area (Å²) >= 11 is 0. The molecule has 0 aromatic heterocycles. The second-order valence-corrected chi connectivity index (χ2v) is 2.82. The van der Waals surface area contributed by atoms with Gasteiger partial charge >= 0.3 is 18.0 Å². The van der Waals surface area contributed by atoms with E-state index < -0.39 is 31.2 Å². The van der Waals surface area contributed by atoms with Crippen LogP contribution in [0.2, 0.25) is 0 Å². The van der Waals surface area contributed by atoms with Gasteiger partial charge in [-0.2, -0.15) is 30.7 Å². The molecule has 0 rings (SSSR count). The zero-order valence-corrected chi connectivity index (χ0v) is 8.08. The highest BCUT2D eigenvalue weighted by Crippen LogP contribution is 2.46. The lowest BCUT2D eigenvalue weighted by Gasteiger charge is -2.27. The Morgan fingerprint density at radius 2 is 1.38 bits per heavy atom. The first-order valence-corrected chi connectivity index (χ1v) is 3.95. The summed E-state index contributed by atoms with van der Waals surface area (Å²) in [6.07, 6.45) is -6.32. The van der Waals surface area contributed by atoms with E-state index in [1.165, 1.54) is 7.11 Å². The van der Waals surface area contributed by atoms with Gasteiger partial charge in [-0.15, -0.1) is 0 Å². The summed E-state index contributed by atoms with van der Waals surface area (Å²) < 4.78 is 92.5. The highest BCUT2D eigenvalue weighted by molar-refractivity contribution is 4.90. The van der Waals surface area contributed by atoms with Crippen molar-refractivity contribution in [1.29, 1.82) is 0 Å². The molecule has 0 aliphatic heterocycles. The van der Waals surface area contributed by atoms with Gasteiger partial charge in [0.15, 0.2) is 0 Å². The van der Waals surface area contributed by atoms with Crippen LogP contribution in [0.4, 0.5) is 30.7 Å². The molecule has 9 heteroatoms. The first-order valence-electron chi connectivity index (χ1n) is 3.95. The number of alkyl halides is 7. The molecule has 0 aromatic carbocycles. The van der Waals surface area contributed by atoms with E-state index in [-0.39, 0.29) is 6.61 Å². The van der Waals surface area contributed by atoms with Gasteiger partial charge in [0.1, 0.15) is 6.61 Å². The van der Waals surface area contributed by atoms with E-state index in [1.807, 2.05) is 0 Å². The van der Waals surface area contributed by atoms with Crippen LogP contribution < -0.4 is 0 Å². The molecule has 0 heterocycles. The number of ether oxygens (including phenoxy) is 2. The minimum atomic E-state index is -6.32. The predicted octanol–water partition coefficient (Wildman–Crippen LogP) is 2.48. The molecule has 0 amide bonds. The zero-order chi connectivity index (χ0) is 13.0. The third-order valence-corrected chi connectivity index (χ3v) is 1.53. The summed E-state index contributed by atoms with van der Waals surface area (Å²) in [5, 5.41) is 0. The van der Waals surface area contributed by atoms with Crippen LogP contribution in [-0.2, 0) is 9.47 Å². The Balaban J connectivity index is 4.41. The van der Waals surface area contributed by atoms with Crippen molar-refractivity contribution in [2.45, 2.75) is 18.0 Å². The highest BCUT2D eigenvalue weighted by atomic mass is 19.4. The number of hydrogen-bond donors (Lipinski definition) is 0. The molecule has 0 bridgehead atoms. The predicted molar refractivity (Wildman–Crippen MR) is 38.6 cm³/mol. The Labute approximate surface area is 86.3 Å². The third-order valence-electron chi connectivity index (χ3n) is 1.53. The second kappa shape index (κ2) is 5.17. The lowest BCUT2D eigenvalue weighted by molar-refractivity contribution is -0.361. The minimum absolute atomic E-state index is 0.187. The number of rotatable bonds is 6. The molecule has 0 unspecified atom stereocenters. The summed E-state index contributed by atoms with van der Waals surface area (Å²) in [4.78, 5) is 0. The average Bonchev–Trinajstić information content (AvgIpc) is 2.10. The van der Waals surface area contributed by atoms with Gasteiger partial charge in [-0.25, -0.2) is 0 Å². The van der Waals surface area contributed by atoms with E-state index >= 15 is 0 Å². The van der Waals surface area contributed by atoms with Crippen molar-refractivity contribution in [3.63, 3.8) is 0 Å². The Morgan fingerprint density at radius 1 is 0.875 bits per heavy atom. The number of halogens is 7. The first-order chi connectivity index (χ1) is 7.06. The molecule has 16 heavy (non-hydrogen) atoms. The van der Waals surface area contributed by atoms with Crippen molar-refractivity contribution < 1.29 is 40.2 Å². The molecule has 0 spiro atoms. The molecular weight excluding hydrogens is 249 g/mol. The summed E-state index contributed by atoms with van der Waals surface area (Å²) in [6.45, 7) is -2.71. The Hall–Kier alpha value is -0.570. The van der Waals surface area contributed by atoms with Crippen LogP contribution in [0.1, 0.15) is 0 Å². The molecule has 98 valence electrons. The van der Waals surface area contributed by atoms with E-state index in [0.29, 0.717) is 0 Å². The van der Waals surface area contributed by atoms with Crippen LogP contribution in [0.5, 0.6) is 0 Å². The number of methoxy groups -OCH3 is 1. The summed E-state index contributed by atoms with van der Waals surface area (Å²) in [5.41, 5.74) is 0. The SMILES string of the molecule is COCCOCC(F)(F)C(F)(F)C(F)(F)F. The standard InChI is InChI=1S/C7H9F7O2/c1-15-2-3-16-4-5(8,9)6(10,11)7(12,13)14/h2-4H2,1H3. The van der Waals surface area contributed by atoms with Gasteiger partial charge in [0.25, 0.3) is 0 Å². The molecule has 0 atom stereocenters. The van der Waals surface area contributed by atoms with E-state index in [1.54, 1.807) is 0 Å². The van der Waals surface area contributed by atoms with E-state index in [2.05, 4.69) is 9.47 Å². The lowest BCUT2D eigenvalue weighted by atomic mass is 10.2. The summed E-state index contributed by atoms with van der Waals surface area (Å²) in [7, 11) is 1.19. The highest BCUT2D eigenvalue weighted by Gasteiger charge is 2.72. The van der Waals surface area contributed by atoms with E-state index in [4.69, 9.17) is 0 Å². The smallest absolute Gasteiger partial charge is 0.382 e. The van der Waals surface area contributed by atoms with Crippen molar-refractivity contribution >= 4 is 0 Å². The van der Waals surface area contributed by atoms with Crippen molar-refractivity contribution in [2.24, 2.45) is 0 Å². The van der Waals surface area contributed by atoms with Crippen LogP contribution in [0.15, 0.2) is 0 Å². The average molecular weight is 258 g/mol. The van der Waals surface area contributed by atoms with E-state index in [9.17, 15) is 30.7 Å². The molecule has 0 saturated carbocycles. The third kappa shape index (κ3) is 3.48. The maximum Gasteiger partial charge on any atom is 0.459 e. The topological polar surface area (TPSA) is 18.5 Å². The van der Waals surface area contributed by atoms with Gasteiger partial charge in [0, 0.05) is 7.11 Å². The minimum Gasteiger partial charge on any atom is -0.382 e. The van der Waals surface area contributed by atoms with Crippen LogP contribution in [-0.4, -0.2) is 45.0 Å². The fourth-order valence-electron chi connectivity index (χ4n) is 0.641. The van der Waals surface area contributed by atoms with Crippen LogP contribution in [0, 0.1) is 0 Å². The number of hydrogen-bond acceptors (Lipinski definition) is 2. The van der Waals surface area contributed by atoms with Crippen molar-refractivity contribution in [3.8, 4) is 0 Å². The quantitative estimate of drug-likeness (QED) is 0.538. The van der Waals surface area contributed by atoms with E-state index in [0.717, 1.165) is 0 Å². The molecule has 2 nitrogen and oxygen atoms in total. The van der Waals surface area contributed by atoms with Gasteiger partial charge in [0.2, 0.25) is 0 Å². The van der Waals surface area contributed by atoms with Crippen molar-refractivity contribution in [1.82, 2.24) is 0 Å². The molecule has 0 aliphatic carbocycles. The fourth-order valence-corrected chi connectivity index (χ4v) is 0.641. The largest absolute Gasteiger partial charge is 0.459 e. The fraction of sp³-hybridized carbons (Fsp3) is 1.00. The molecule has 0 aliphatic rings. The molecule has 0 aromatic rings. The molecule has 0 radical (unpaired) electrons. The monoisotopic (exact) mass is 258 g/mol. The molecule has 0 N–H and O–H groups in total. The van der Waals surface area contributed by atoms with Gasteiger partial charge in [0.05, 0.1) is 13.2 Å². The normalized spacial score (nSPS) is 14.2. The lowest BCUT2D eigenvalue weighted by Crippen LogP contribution is -2.54. The molecular formula is C7H9F7O2. The van der Waals surface area contributed by atoms with Gasteiger partial charge in [-0.1, -0.05) is 0 Å². The molecule has 0 fully saturated rings. The van der Waals surface area contributed by atoms with Crippen molar-refractivity contribution in [3.05, 3.63) is 0 Å². The second-order valence-electron chi connectivity index (χ2n) is 2.82. The summed E-state index contributed by atoms with van der Waals surface area (Å²) in [5.74, 6) is -11.4. The zero-order valence-electron chi connectivity index (χ0n) is 8.08. The van der Waals surface area contributed by atoms with Crippen LogP contribution in [0.25, 0.3) is 0 Å². The van der Waals surface area contributed by atoms with Crippen LogP contribution in [0.3, 0.4) is 0 Å². The van der Waals surface area contributed by atoms with Gasteiger partial charge < -0.3 is 9.47 Å². The Kier molecular flexibility index (Phi) is 4.99. The Bertz CT molecular complexity index is 213. The Morgan fingerprint density at radius 3 is 1.75 bits per heavy atom. The maximum atomic E-state index is 12.5. The molecule has 0 saturated heterocycles. The van der Waals surface area contributed by atoms with Crippen molar-refractivity contribution in [2.75, 3.05) is 26.9 Å². The van der Waals surface area contributed by atoms with Crippen LogP contribution >= 0.6 is 0 Å². The maximum absolute atomic E-state index is 12.5. The first kappa shape index (κ1) is 15.4. The van der Waals surface area contributed by atoms with Gasteiger partial charge in [-0.3, -0.25) is 0 Å².